The van der Waals surface area contributed by atoms with E-state index >= 15 is 0 Å². The predicted molar refractivity (Wildman–Crippen MR) is 74.3 cm³/mol. The first-order chi connectivity index (χ1) is 9.36. The Labute approximate surface area is 116 Å². The summed E-state index contributed by atoms with van der Waals surface area (Å²) in [5, 5.41) is 2.57. The number of aromatic nitrogens is 2. The molecule has 7 heteroatoms. The van der Waals surface area contributed by atoms with Crippen molar-refractivity contribution in [2.75, 3.05) is 11.6 Å². The summed E-state index contributed by atoms with van der Waals surface area (Å²) >= 11 is 0. The number of rotatable bonds is 3. The summed E-state index contributed by atoms with van der Waals surface area (Å²) in [6.07, 6.45) is 2.37. The maximum atomic E-state index is 11.9. The van der Waals surface area contributed by atoms with Gasteiger partial charge in [-0.2, -0.15) is 0 Å². The zero-order valence-corrected chi connectivity index (χ0v) is 11.8. The molecule has 1 N–H and O–H groups in total. The van der Waals surface area contributed by atoms with Crippen molar-refractivity contribution >= 4 is 21.4 Å². The van der Waals surface area contributed by atoms with Crippen molar-refractivity contribution in [3.8, 4) is 0 Å². The molecule has 2 aromatic rings. The Hall–Kier alpha value is -2.28. The number of nitrogens with one attached hydrogen (secondary N) is 1. The summed E-state index contributed by atoms with van der Waals surface area (Å²) < 4.78 is 22.5. The minimum Gasteiger partial charge on any atom is -0.319 e. The van der Waals surface area contributed by atoms with E-state index in [1.165, 1.54) is 18.3 Å². The highest BCUT2D eigenvalue weighted by molar-refractivity contribution is 7.90. The van der Waals surface area contributed by atoms with Gasteiger partial charge in [-0.1, -0.05) is 6.07 Å². The van der Waals surface area contributed by atoms with Gasteiger partial charge in [0.15, 0.2) is 14.9 Å². The molecule has 0 aliphatic heterocycles. The van der Waals surface area contributed by atoms with Crippen molar-refractivity contribution in [2.24, 2.45) is 0 Å². The van der Waals surface area contributed by atoms with Crippen LogP contribution in [-0.2, 0) is 9.84 Å². The highest BCUT2D eigenvalue weighted by Gasteiger charge is 2.10. The molecule has 2 aromatic heterocycles. The SMILES string of the molecule is Cc1cccc(C(=O)Nc2ccc(S(C)(=O)=O)nc2)n1. The quantitative estimate of drug-likeness (QED) is 0.924. The van der Waals surface area contributed by atoms with Crippen LogP contribution in [0.5, 0.6) is 0 Å². The first kappa shape index (κ1) is 14.1. The van der Waals surface area contributed by atoms with Gasteiger partial charge in [0.1, 0.15) is 5.69 Å². The van der Waals surface area contributed by atoms with Crippen molar-refractivity contribution in [3.63, 3.8) is 0 Å². The number of pyridine rings is 2. The summed E-state index contributed by atoms with van der Waals surface area (Å²) in [6.45, 7) is 1.79. The van der Waals surface area contributed by atoms with Crippen LogP contribution in [0.15, 0.2) is 41.6 Å². The zero-order valence-electron chi connectivity index (χ0n) is 11.0. The summed E-state index contributed by atoms with van der Waals surface area (Å²) in [4.78, 5) is 19.8. The van der Waals surface area contributed by atoms with Crippen LogP contribution in [0.4, 0.5) is 5.69 Å². The van der Waals surface area contributed by atoms with Crippen LogP contribution in [0.25, 0.3) is 0 Å². The van der Waals surface area contributed by atoms with Crippen LogP contribution < -0.4 is 5.32 Å². The van der Waals surface area contributed by atoms with Gasteiger partial charge in [-0.3, -0.25) is 4.79 Å². The van der Waals surface area contributed by atoms with Crippen LogP contribution in [0.1, 0.15) is 16.2 Å². The second kappa shape index (κ2) is 5.38. The van der Waals surface area contributed by atoms with Crippen LogP contribution in [0.3, 0.4) is 0 Å². The van der Waals surface area contributed by atoms with E-state index in [4.69, 9.17) is 0 Å². The third-order valence-corrected chi connectivity index (χ3v) is 3.50. The maximum absolute atomic E-state index is 11.9. The fourth-order valence-corrected chi connectivity index (χ4v) is 2.10. The van der Waals surface area contributed by atoms with Gasteiger partial charge in [-0.25, -0.2) is 18.4 Å². The van der Waals surface area contributed by atoms with E-state index in [-0.39, 0.29) is 16.6 Å². The molecule has 104 valence electrons. The molecular weight excluding hydrogens is 278 g/mol. The molecule has 0 saturated heterocycles. The summed E-state index contributed by atoms with van der Waals surface area (Å²) in [6, 6.07) is 7.95. The molecule has 0 bridgehead atoms. The molecule has 0 spiro atoms. The number of anilines is 1. The average Bonchev–Trinajstić information content (AvgIpc) is 2.38. The van der Waals surface area contributed by atoms with Crippen LogP contribution >= 0.6 is 0 Å². The molecule has 0 unspecified atom stereocenters. The predicted octanol–water partition coefficient (Wildman–Crippen LogP) is 1.44. The average molecular weight is 291 g/mol. The van der Waals surface area contributed by atoms with Gasteiger partial charge in [-0.15, -0.1) is 0 Å². The van der Waals surface area contributed by atoms with Gasteiger partial charge < -0.3 is 5.32 Å². The fraction of sp³-hybridized carbons (Fsp3) is 0.154. The molecule has 20 heavy (non-hydrogen) atoms. The number of carbonyl (C=O) groups is 1. The monoisotopic (exact) mass is 291 g/mol. The molecule has 0 radical (unpaired) electrons. The summed E-state index contributed by atoms with van der Waals surface area (Å²) in [7, 11) is -3.34. The lowest BCUT2D eigenvalue weighted by molar-refractivity contribution is 0.102. The van der Waals surface area contributed by atoms with Gasteiger partial charge in [0.25, 0.3) is 5.91 Å². The Morgan fingerprint density at radius 1 is 1.20 bits per heavy atom. The minimum atomic E-state index is -3.34. The van der Waals surface area contributed by atoms with Gasteiger partial charge in [0, 0.05) is 11.9 Å². The first-order valence-electron chi connectivity index (χ1n) is 5.77. The number of aryl methyl sites for hydroxylation is 1. The number of nitrogens with zero attached hydrogens (tertiary/aromatic N) is 2. The highest BCUT2D eigenvalue weighted by atomic mass is 32.2. The first-order valence-corrected chi connectivity index (χ1v) is 7.66. The van der Waals surface area contributed by atoms with Crippen molar-refractivity contribution < 1.29 is 13.2 Å². The third-order valence-electron chi connectivity index (χ3n) is 2.50. The maximum Gasteiger partial charge on any atom is 0.274 e. The molecule has 2 rings (SSSR count). The van der Waals surface area contributed by atoms with Gasteiger partial charge in [0.05, 0.1) is 11.9 Å². The Morgan fingerprint density at radius 3 is 2.50 bits per heavy atom. The molecular formula is C13H13N3O3S. The molecule has 0 aromatic carbocycles. The van der Waals surface area contributed by atoms with Crippen molar-refractivity contribution in [1.29, 1.82) is 0 Å². The number of sulfone groups is 1. The number of hydrogen-bond donors (Lipinski definition) is 1. The van der Waals surface area contributed by atoms with Crippen molar-refractivity contribution in [1.82, 2.24) is 9.97 Å². The minimum absolute atomic E-state index is 0.0378. The highest BCUT2D eigenvalue weighted by Crippen LogP contribution is 2.11. The summed E-state index contributed by atoms with van der Waals surface area (Å²) in [5.74, 6) is -0.373. The fourth-order valence-electron chi connectivity index (χ4n) is 1.54. The molecule has 0 aliphatic carbocycles. The second-order valence-corrected chi connectivity index (χ2v) is 6.24. The Balaban J connectivity index is 2.16. The molecule has 0 aliphatic rings. The van der Waals surface area contributed by atoms with E-state index in [1.807, 2.05) is 0 Å². The largest absolute Gasteiger partial charge is 0.319 e. The molecule has 1 amide bonds. The third kappa shape index (κ3) is 3.39. The van der Waals surface area contributed by atoms with Crippen LogP contribution in [0.2, 0.25) is 0 Å². The standard InChI is InChI=1S/C13H13N3O3S/c1-9-4-3-5-11(15-9)13(17)16-10-6-7-12(14-8-10)20(2,18)19/h3-8H,1-2H3,(H,16,17). The molecule has 0 saturated carbocycles. The lowest BCUT2D eigenvalue weighted by Gasteiger charge is -2.05. The van der Waals surface area contributed by atoms with E-state index in [0.29, 0.717) is 5.69 Å². The number of hydrogen-bond acceptors (Lipinski definition) is 5. The second-order valence-electron chi connectivity index (χ2n) is 4.28. The Morgan fingerprint density at radius 2 is 1.95 bits per heavy atom. The van der Waals surface area contributed by atoms with Crippen LogP contribution in [-0.4, -0.2) is 30.5 Å². The van der Waals surface area contributed by atoms with E-state index < -0.39 is 9.84 Å². The molecule has 2 heterocycles. The smallest absolute Gasteiger partial charge is 0.274 e. The summed E-state index contributed by atoms with van der Waals surface area (Å²) in [5.41, 5.74) is 1.44. The van der Waals surface area contributed by atoms with Gasteiger partial charge >= 0.3 is 0 Å². The topological polar surface area (TPSA) is 89.0 Å². The van der Waals surface area contributed by atoms with E-state index in [9.17, 15) is 13.2 Å². The normalized spacial score (nSPS) is 11.1. The number of amides is 1. The molecule has 0 atom stereocenters. The van der Waals surface area contributed by atoms with Crippen LogP contribution in [0, 0.1) is 6.92 Å². The number of carbonyl (C=O) groups excluding carboxylic acids is 1. The van der Waals surface area contributed by atoms with Gasteiger partial charge in [0.2, 0.25) is 0 Å². The molecule has 6 nitrogen and oxygen atoms in total. The van der Waals surface area contributed by atoms with Crippen molar-refractivity contribution in [3.05, 3.63) is 47.9 Å². The Bertz CT molecular complexity index is 740. The van der Waals surface area contributed by atoms with E-state index in [1.54, 1.807) is 25.1 Å². The zero-order chi connectivity index (χ0) is 14.8. The van der Waals surface area contributed by atoms with E-state index in [0.717, 1.165) is 11.9 Å². The van der Waals surface area contributed by atoms with E-state index in [2.05, 4.69) is 15.3 Å². The lowest BCUT2D eigenvalue weighted by atomic mass is 10.3. The Kier molecular flexibility index (Phi) is 3.80. The lowest BCUT2D eigenvalue weighted by Crippen LogP contribution is -2.14. The molecule has 0 fully saturated rings. The van der Waals surface area contributed by atoms with Crippen molar-refractivity contribution in [2.45, 2.75) is 11.9 Å². The van der Waals surface area contributed by atoms with Gasteiger partial charge in [-0.05, 0) is 31.2 Å².